The van der Waals surface area contributed by atoms with E-state index in [0.29, 0.717) is 26.1 Å². The molecule has 0 unspecified atom stereocenters. The van der Waals surface area contributed by atoms with Crippen molar-refractivity contribution in [1.29, 1.82) is 0 Å². The van der Waals surface area contributed by atoms with Crippen LogP contribution in [0.3, 0.4) is 0 Å². The Hall–Kier alpha value is -2.35. The lowest BCUT2D eigenvalue weighted by Crippen LogP contribution is -2.55. The Labute approximate surface area is 158 Å². The van der Waals surface area contributed by atoms with Gasteiger partial charge in [0, 0.05) is 13.0 Å². The van der Waals surface area contributed by atoms with Crippen LogP contribution < -0.4 is 5.32 Å². The average Bonchev–Trinajstić information content (AvgIpc) is 3.17. The summed E-state index contributed by atoms with van der Waals surface area (Å²) in [7, 11) is 0. The number of likely N-dealkylation sites (tertiary alicyclic amines) is 2. The van der Waals surface area contributed by atoms with Gasteiger partial charge in [-0.3, -0.25) is 14.5 Å². The van der Waals surface area contributed by atoms with Gasteiger partial charge < -0.3 is 19.7 Å². The minimum Gasteiger partial charge on any atom is -0.480 e. The standard InChI is InChI=1S/C19H27N3O5/c1-14(18(25)26)22-13-19(5-4-17(22)24)6-8-21(9-7-19)12-16(23)20-11-15-3-2-10-27-15/h2-3,10,14H,4-9,11-13H2,1H3,(H,20,23)(H,25,26)/t14-/m0/s1. The molecule has 2 N–H and O–H groups in total. The Morgan fingerprint density at radius 1 is 1.33 bits per heavy atom. The predicted molar refractivity (Wildman–Crippen MR) is 96.7 cm³/mol. The first-order chi connectivity index (χ1) is 12.9. The molecule has 0 aromatic carbocycles. The maximum absolute atomic E-state index is 12.1. The summed E-state index contributed by atoms with van der Waals surface area (Å²) in [6.07, 6.45) is 4.52. The van der Waals surface area contributed by atoms with Crippen LogP contribution in [0.1, 0.15) is 38.4 Å². The summed E-state index contributed by atoms with van der Waals surface area (Å²) in [6, 6.07) is 2.81. The zero-order chi connectivity index (χ0) is 19.4. The highest BCUT2D eigenvalue weighted by Gasteiger charge is 2.43. The number of aliphatic carboxylic acids is 1. The minimum absolute atomic E-state index is 0.0290. The number of carboxylic acid groups (broad SMARTS) is 1. The number of furan rings is 1. The molecule has 2 fully saturated rings. The van der Waals surface area contributed by atoms with E-state index in [4.69, 9.17) is 4.42 Å². The molecule has 2 saturated heterocycles. The quantitative estimate of drug-likeness (QED) is 0.769. The molecule has 1 aromatic rings. The number of piperidine rings is 2. The largest absolute Gasteiger partial charge is 0.480 e. The number of hydrogen-bond donors (Lipinski definition) is 2. The Morgan fingerprint density at radius 3 is 2.70 bits per heavy atom. The van der Waals surface area contributed by atoms with Crippen LogP contribution in [0.15, 0.2) is 22.8 Å². The lowest BCUT2D eigenvalue weighted by molar-refractivity contribution is -0.155. The molecule has 3 rings (SSSR count). The smallest absolute Gasteiger partial charge is 0.326 e. The SMILES string of the molecule is C[C@@H](C(=O)O)N1CC2(CCC1=O)CCN(CC(=O)NCc1ccco1)CC2. The van der Waals surface area contributed by atoms with E-state index < -0.39 is 12.0 Å². The van der Waals surface area contributed by atoms with Gasteiger partial charge >= 0.3 is 5.97 Å². The van der Waals surface area contributed by atoms with Gasteiger partial charge in [0.05, 0.1) is 19.4 Å². The van der Waals surface area contributed by atoms with E-state index in [1.54, 1.807) is 19.3 Å². The van der Waals surface area contributed by atoms with Crippen LogP contribution in [-0.2, 0) is 20.9 Å². The number of hydrogen-bond acceptors (Lipinski definition) is 5. The maximum Gasteiger partial charge on any atom is 0.326 e. The van der Waals surface area contributed by atoms with Crippen LogP contribution in [0.4, 0.5) is 0 Å². The molecule has 1 aromatic heterocycles. The van der Waals surface area contributed by atoms with Crippen molar-refractivity contribution >= 4 is 17.8 Å². The number of nitrogens with one attached hydrogen (secondary N) is 1. The molecule has 2 aliphatic rings. The average molecular weight is 377 g/mol. The van der Waals surface area contributed by atoms with E-state index in [1.807, 2.05) is 6.07 Å². The van der Waals surface area contributed by atoms with Crippen molar-refractivity contribution in [2.45, 2.75) is 45.2 Å². The van der Waals surface area contributed by atoms with Gasteiger partial charge in [0.2, 0.25) is 11.8 Å². The van der Waals surface area contributed by atoms with Crippen LogP contribution in [0, 0.1) is 5.41 Å². The van der Waals surface area contributed by atoms with Gasteiger partial charge in [0.25, 0.3) is 0 Å². The zero-order valence-electron chi connectivity index (χ0n) is 15.6. The fourth-order valence-electron chi connectivity index (χ4n) is 3.98. The molecule has 0 radical (unpaired) electrons. The monoisotopic (exact) mass is 377 g/mol. The van der Waals surface area contributed by atoms with Crippen molar-refractivity contribution < 1.29 is 23.9 Å². The third-order valence-electron chi connectivity index (χ3n) is 5.84. The number of carbonyl (C=O) groups is 3. The van der Waals surface area contributed by atoms with Crippen LogP contribution in [-0.4, -0.2) is 64.9 Å². The fourth-order valence-corrected chi connectivity index (χ4v) is 3.98. The third kappa shape index (κ3) is 4.68. The molecule has 2 amide bonds. The van der Waals surface area contributed by atoms with E-state index in [0.717, 1.165) is 38.1 Å². The van der Waals surface area contributed by atoms with Crippen LogP contribution in [0.5, 0.6) is 0 Å². The molecule has 148 valence electrons. The number of carboxylic acids is 1. The van der Waals surface area contributed by atoms with Crippen molar-refractivity contribution in [3.63, 3.8) is 0 Å². The fraction of sp³-hybridized carbons (Fsp3) is 0.632. The van der Waals surface area contributed by atoms with Crippen LogP contribution in [0.2, 0.25) is 0 Å². The lowest BCUT2D eigenvalue weighted by atomic mass is 9.72. The van der Waals surface area contributed by atoms with E-state index in [2.05, 4.69) is 10.2 Å². The second kappa shape index (κ2) is 8.12. The van der Waals surface area contributed by atoms with E-state index in [1.165, 1.54) is 4.90 Å². The predicted octanol–water partition coefficient (Wildman–Crippen LogP) is 1.07. The zero-order valence-corrected chi connectivity index (χ0v) is 15.6. The first-order valence-electron chi connectivity index (χ1n) is 9.42. The molecular formula is C19H27N3O5. The topological polar surface area (TPSA) is 103 Å². The highest BCUT2D eigenvalue weighted by atomic mass is 16.4. The molecule has 1 atom stereocenters. The molecule has 27 heavy (non-hydrogen) atoms. The molecule has 0 aliphatic carbocycles. The first-order valence-corrected chi connectivity index (χ1v) is 9.42. The Morgan fingerprint density at radius 2 is 2.07 bits per heavy atom. The molecule has 8 nitrogen and oxygen atoms in total. The number of amides is 2. The third-order valence-corrected chi connectivity index (χ3v) is 5.84. The van der Waals surface area contributed by atoms with Crippen molar-refractivity contribution in [2.24, 2.45) is 5.41 Å². The highest BCUT2D eigenvalue weighted by Crippen LogP contribution is 2.40. The first kappa shape index (κ1) is 19.4. The molecular weight excluding hydrogens is 350 g/mol. The molecule has 3 heterocycles. The van der Waals surface area contributed by atoms with Gasteiger partial charge in [-0.15, -0.1) is 0 Å². The summed E-state index contributed by atoms with van der Waals surface area (Å²) in [4.78, 5) is 39.2. The van der Waals surface area contributed by atoms with Gasteiger partial charge in [-0.25, -0.2) is 4.79 Å². The second-order valence-electron chi connectivity index (χ2n) is 7.67. The van der Waals surface area contributed by atoms with Gasteiger partial charge in [0.1, 0.15) is 11.8 Å². The van der Waals surface area contributed by atoms with E-state index >= 15 is 0 Å². The summed E-state index contributed by atoms with van der Waals surface area (Å²) in [5.41, 5.74) is -0.0290. The summed E-state index contributed by atoms with van der Waals surface area (Å²) >= 11 is 0. The van der Waals surface area contributed by atoms with Crippen molar-refractivity contribution in [3.8, 4) is 0 Å². The van der Waals surface area contributed by atoms with Gasteiger partial charge in [-0.2, -0.15) is 0 Å². The normalized spacial score (nSPS) is 21.2. The molecule has 0 saturated carbocycles. The van der Waals surface area contributed by atoms with Crippen molar-refractivity contribution in [3.05, 3.63) is 24.2 Å². The van der Waals surface area contributed by atoms with E-state index in [-0.39, 0.29) is 17.2 Å². The van der Waals surface area contributed by atoms with Gasteiger partial charge in [-0.1, -0.05) is 0 Å². The van der Waals surface area contributed by atoms with E-state index in [9.17, 15) is 19.5 Å². The highest BCUT2D eigenvalue weighted by molar-refractivity contribution is 5.84. The lowest BCUT2D eigenvalue weighted by Gasteiger charge is -2.48. The number of nitrogens with zero attached hydrogens (tertiary/aromatic N) is 2. The van der Waals surface area contributed by atoms with Crippen LogP contribution >= 0.6 is 0 Å². The maximum atomic E-state index is 12.1. The van der Waals surface area contributed by atoms with Gasteiger partial charge in [-0.05, 0) is 56.8 Å². The van der Waals surface area contributed by atoms with Crippen LogP contribution in [0.25, 0.3) is 0 Å². The Bertz CT molecular complexity index is 680. The molecule has 0 bridgehead atoms. The summed E-state index contributed by atoms with van der Waals surface area (Å²) in [5.74, 6) is -0.357. The summed E-state index contributed by atoms with van der Waals surface area (Å²) in [5, 5.41) is 12.1. The number of carbonyl (C=O) groups excluding carboxylic acids is 2. The Balaban J connectivity index is 1.48. The van der Waals surface area contributed by atoms with Gasteiger partial charge in [0.15, 0.2) is 0 Å². The van der Waals surface area contributed by atoms with Crippen molar-refractivity contribution in [2.75, 3.05) is 26.2 Å². The van der Waals surface area contributed by atoms with Crippen molar-refractivity contribution in [1.82, 2.24) is 15.1 Å². The summed E-state index contributed by atoms with van der Waals surface area (Å²) < 4.78 is 5.20. The molecule has 2 aliphatic heterocycles. The second-order valence-corrected chi connectivity index (χ2v) is 7.67. The Kier molecular flexibility index (Phi) is 5.84. The molecule has 8 heteroatoms. The molecule has 1 spiro atoms. The number of rotatable bonds is 6. The summed E-state index contributed by atoms with van der Waals surface area (Å²) in [6.45, 7) is 4.34. The minimum atomic E-state index is -0.967.